The molecule has 0 aliphatic carbocycles. The molecule has 2 N–H and O–H groups in total. The van der Waals surface area contributed by atoms with E-state index in [4.69, 9.17) is 5.73 Å². The maximum atomic E-state index is 13.0. The lowest BCUT2D eigenvalue weighted by Crippen LogP contribution is -2.18. The van der Waals surface area contributed by atoms with Crippen LogP contribution in [0.25, 0.3) is 0 Å². The van der Waals surface area contributed by atoms with Crippen LogP contribution in [0.4, 0.5) is 4.39 Å². The Labute approximate surface area is 99.0 Å². The summed E-state index contributed by atoms with van der Waals surface area (Å²) in [6, 6.07) is 5.30. The number of hydrogen-bond acceptors (Lipinski definition) is 1. The largest absolute Gasteiger partial charge is 0.328 e. The Kier molecular flexibility index (Phi) is 5.26. The van der Waals surface area contributed by atoms with Crippen LogP contribution in [0.15, 0.2) is 22.7 Å². The summed E-state index contributed by atoms with van der Waals surface area (Å²) in [6.45, 7) is 2.09. The summed E-state index contributed by atoms with van der Waals surface area (Å²) in [4.78, 5) is 0. The molecule has 0 spiro atoms. The summed E-state index contributed by atoms with van der Waals surface area (Å²) in [7, 11) is 0. The van der Waals surface area contributed by atoms with Gasteiger partial charge in [0.15, 0.2) is 0 Å². The molecule has 1 atom stereocenters. The zero-order chi connectivity index (χ0) is 11.3. The van der Waals surface area contributed by atoms with E-state index < -0.39 is 0 Å². The highest BCUT2D eigenvalue weighted by atomic mass is 79.9. The minimum absolute atomic E-state index is 0.181. The van der Waals surface area contributed by atoms with Crippen LogP contribution in [0.1, 0.15) is 31.7 Å². The van der Waals surface area contributed by atoms with Crippen LogP contribution in [0.5, 0.6) is 0 Å². The summed E-state index contributed by atoms with van der Waals surface area (Å²) < 4.78 is 13.8. The Morgan fingerprint density at radius 3 is 2.73 bits per heavy atom. The van der Waals surface area contributed by atoms with Gasteiger partial charge >= 0.3 is 0 Å². The summed E-state index contributed by atoms with van der Waals surface area (Å²) in [5, 5.41) is 0. The molecule has 0 amide bonds. The van der Waals surface area contributed by atoms with E-state index in [1.165, 1.54) is 6.07 Å². The van der Waals surface area contributed by atoms with Gasteiger partial charge in [-0.05, 0) is 49.4 Å². The van der Waals surface area contributed by atoms with E-state index in [-0.39, 0.29) is 11.9 Å². The van der Waals surface area contributed by atoms with Crippen LogP contribution in [0, 0.1) is 5.82 Å². The van der Waals surface area contributed by atoms with Crippen molar-refractivity contribution in [1.29, 1.82) is 0 Å². The van der Waals surface area contributed by atoms with E-state index in [1.54, 1.807) is 6.07 Å². The molecular weight excluding hydrogens is 257 g/mol. The SMILES string of the molecule is CCC(N)CCCc1cc(F)cc(Br)c1. The number of aryl methyl sites for hydroxylation is 1. The van der Waals surface area contributed by atoms with Crippen molar-refractivity contribution in [3.8, 4) is 0 Å². The molecule has 84 valence electrons. The molecule has 1 rings (SSSR count). The summed E-state index contributed by atoms with van der Waals surface area (Å²) in [5.74, 6) is -0.181. The number of rotatable bonds is 5. The van der Waals surface area contributed by atoms with E-state index in [1.807, 2.05) is 6.07 Å². The van der Waals surface area contributed by atoms with Crippen molar-refractivity contribution in [1.82, 2.24) is 0 Å². The molecule has 0 saturated heterocycles. The highest BCUT2D eigenvalue weighted by Crippen LogP contribution is 2.16. The van der Waals surface area contributed by atoms with E-state index in [9.17, 15) is 4.39 Å². The second-order valence-electron chi connectivity index (χ2n) is 3.84. The molecule has 3 heteroatoms. The van der Waals surface area contributed by atoms with Gasteiger partial charge in [-0.3, -0.25) is 0 Å². The molecule has 1 nitrogen and oxygen atoms in total. The Bertz CT molecular complexity index is 294. The fourth-order valence-corrected chi connectivity index (χ4v) is 2.04. The van der Waals surface area contributed by atoms with Crippen molar-refractivity contribution in [2.24, 2.45) is 5.73 Å². The number of halogens is 2. The number of nitrogens with two attached hydrogens (primary N) is 1. The second-order valence-corrected chi connectivity index (χ2v) is 4.75. The Hall–Kier alpha value is -0.410. The van der Waals surface area contributed by atoms with Crippen LogP contribution in [-0.4, -0.2) is 6.04 Å². The zero-order valence-electron chi connectivity index (χ0n) is 8.97. The summed E-state index contributed by atoms with van der Waals surface area (Å²) in [6.07, 6.45) is 3.92. The first-order valence-electron chi connectivity index (χ1n) is 5.32. The summed E-state index contributed by atoms with van der Waals surface area (Å²) >= 11 is 3.28. The highest BCUT2D eigenvalue weighted by Gasteiger charge is 2.02. The quantitative estimate of drug-likeness (QED) is 0.871. The smallest absolute Gasteiger partial charge is 0.124 e. The fraction of sp³-hybridized carbons (Fsp3) is 0.500. The molecular formula is C12H17BrFN. The summed E-state index contributed by atoms with van der Waals surface area (Å²) in [5.41, 5.74) is 6.85. The van der Waals surface area contributed by atoms with E-state index >= 15 is 0 Å². The van der Waals surface area contributed by atoms with Gasteiger partial charge in [-0.2, -0.15) is 0 Å². The third-order valence-electron chi connectivity index (χ3n) is 2.49. The first-order chi connectivity index (χ1) is 7.11. The predicted molar refractivity (Wildman–Crippen MR) is 65.3 cm³/mol. The third kappa shape index (κ3) is 4.76. The topological polar surface area (TPSA) is 26.0 Å². The van der Waals surface area contributed by atoms with Gasteiger partial charge in [0.1, 0.15) is 5.82 Å². The highest BCUT2D eigenvalue weighted by molar-refractivity contribution is 9.10. The molecule has 0 fully saturated rings. The lowest BCUT2D eigenvalue weighted by Gasteiger charge is -2.08. The Morgan fingerprint density at radius 2 is 2.13 bits per heavy atom. The van der Waals surface area contributed by atoms with Crippen LogP contribution in [0.3, 0.4) is 0 Å². The van der Waals surface area contributed by atoms with Crippen LogP contribution in [0.2, 0.25) is 0 Å². The molecule has 1 aromatic rings. The van der Waals surface area contributed by atoms with Gasteiger partial charge in [0.2, 0.25) is 0 Å². The maximum absolute atomic E-state index is 13.0. The minimum Gasteiger partial charge on any atom is -0.328 e. The van der Waals surface area contributed by atoms with Crippen LogP contribution < -0.4 is 5.73 Å². The first kappa shape index (κ1) is 12.7. The zero-order valence-corrected chi connectivity index (χ0v) is 10.6. The van der Waals surface area contributed by atoms with Crippen molar-refractivity contribution < 1.29 is 4.39 Å². The monoisotopic (exact) mass is 273 g/mol. The van der Waals surface area contributed by atoms with Crippen molar-refractivity contribution in [3.05, 3.63) is 34.1 Å². The van der Waals surface area contributed by atoms with Gasteiger partial charge in [-0.1, -0.05) is 22.9 Å². The average molecular weight is 274 g/mol. The molecule has 0 aliphatic heterocycles. The number of benzene rings is 1. The molecule has 1 unspecified atom stereocenters. The molecule has 0 heterocycles. The van der Waals surface area contributed by atoms with Gasteiger partial charge < -0.3 is 5.73 Å². The molecule has 0 radical (unpaired) electrons. The van der Waals surface area contributed by atoms with Gasteiger partial charge in [0.05, 0.1) is 0 Å². The Morgan fingerprint density at radius 1 is 1.40 bits per heavy atom. The fourth-order valence-electron chi connectivity index (χ4n) is 1.53. The lowest BCUT2D eigenvalue weighted by molar-refractivity contribution is 0.566. The Balaban J connectivity index is 2.43. The minimum atomic E-state index is -0.181. The normalized spacial score (nSPS) is 12.8. The van der Waals surface area contributed by atoms with Crippen LogP contribution >= 0.6 is 15.9 Å². The lowest BCUT2D eigenvalue weighted by atomic mass is 10.0. The molecule has 0 saturated carbocycles. The molecule has 0 bridgehead atoms. The van der Waals surface area contributed by atoms with E-state index in [2.05, 4.69) is 22.9 Å². The predicted octanol–water partition coefficient (Wildman–Crippen LogP) is 3.65. The van der Waals surface area contributed by atoms with Crippen molar-refractivity contribution in [2.45, 2.75) is 38.6 Å². The van der Waals surface area contributed by atoms with Gasteiger partial charge in [-0.15, -0.1) is 0 Å². The molecule has 0 aromatic heterocycles. The maximum Gasteiger partial charge on any atom is 0.124 e. The third-order valence-corrected chi connectivity index (χ3v) is 2.94. The van der Waals surface area contributed by atoms with Crippen LogP contribution in [-0.2, 0) is 6.42 Å². The van der Waals surface area contributed by atoms with E-state index in [0.717, 1.165) is 35.7 Å². The molecule has 0 aliphatic rings. The van der Waals surface area contributed by atoms with Crippen molar-refractivity contribution in [2.75, 3.05) is 0 Å². The first-order valence-corrected chi connectivity index (χ1v) is 6.11. The van der Waals surface area contributed by atoms with Gasteiger partial charge in [0.25, 0.3) is 0 Å². The van der Waals surface area contributed by atoms with Gasteiger partial charge in [0, 0.05) is 10.5 Å². The van der Waals surface area contributed by atoms with Gasteiger partial charge in [-0.25, -0.2) is 4.39 Å². The average Bonchev–Trinajstić information content (AvgIpc) is 2.16. The van der Waals surface area contributed by atoms with E-state index in [0.29, 0.717) is 0 Å². The molecule has 1 aromatic carbocycles. The van der Waals surface area contributed by atoms with Crippen molar-refractivity contribution in [3.63, 3.8) is 0 Å². The standard InChI is InChI=1S/C12H17BrFN/c1-2-12(15)5-3-4-9-6-10(13)8-11(14)7-9/h6-8,12H,2-5,15H2,1H3. The second kappa shape index (κ2) is 6.23. The molecule has 15 heavy (non-hydrogen) atoms. The number of hydrogen-bond donors (Lipinski definition) is 1. The van der Waals surface area contributed by atoms with Crippen molar-refractivity contribution >= 4 is 15.9 Å².